The zero-order valence-electron chi connectivity index (χ0n) is 19.7. The van der Waals surface area contributed by atoms with Gasteiger partial charge in [0, 0.05) is 28.1 Å². The first-order valence-corrected chi connectivity index (χ1v) is 13.3. The van der Waals surface area contributed by atoms with Crippen molar-refractivity contribution in [3.8, 4) is 11.1 Å². The molecule has 3 aromatic carbocycles. The molecule has 5 heteroatoms. The number of halogens is 2. The molecule has 3 aromatic rings. The summed E-state index contributed by atoms with van der Waals surface area (Å²) in [5, 5.41) is 3.72. The summed E-state index contributed by atoms with van der Waals surface area (Å²) >= 11 is 10.2. The average Bonchev–Trinajstić information content (AvgIpc) is 2.84. The molecule has 0 aromatic heterocycles. The monoisotopic (exact) mass is 538 g/mol. The Bertz CT molecular complexity index is 1110. The quantitative estimate of drug-likeness (QED) is 0.319. The first kappa shape index (κ1) is 25.0. The largest absolute Gasteiger partial charge is 0.326 e. The van der Waals surface area contributed by atoms with E-state index < -0.39 is 0 Å². The normalized spacial score (nSPS) is 14.8. The zero-order chi connectivity index (χ0) is 23.9. The molecule has 1 aliphatic heterocycles. The summed E-state index contributed by atoms with van der Waals surface area (Å²) in [4.78, 5) is 15.1. The SMILES string of the molecule is CC1CCN(CCc2ccc(NC(=O)CCc3ccc(-c4ccccc4)cc3Br)cc2Cl)CC1. The van der Waals surface area contributed by atoms with E-state index in [0.717, 1.165) is 50.8 Å². The minimum atomic E-state index is -0.00899. The van der Waals surface area contributed by atoms with Crippen LogP contribution in [0.25, 0.3) is 11.1 Å². The van der Waals surface area contributed by atoms with Crippen LogP contribution in [0.1, 0.15) is 37.3 Å². The van der Waals surface area contributed by atoms with Crippen LogP contribution in [0.4, 0.5) is 5.69 Å². The van der Waals surface area contributed by atoms with Crippen LogP contribution in [0, 0.1) is 5.92 Å². The number of hydrogen-bond donors (Lipinski definition) is 1. The van der Waals surface area contributed by atoms with Gasteiger partial charge < -0.3 is 10.2 Å². The van der Waals surface area contributed by atoms with Gasteiger partial charge in [-0.05, 0) is 85.1 Å². The maximum Gasteiger partial charge on any atom is 0.224 e. The summed E-state index contributed by atoms with van der Waals surface area (Å²) in [5.41, 5.74) is 5.35. The second-order valence-corrected chi connectivity index (χ2v) is 10.6. The number of amides is 1. The molecule has 34 heavy (non-hydrogen) atoms. The van der Waals surface area contributed by atoms with Crippen LogP contribution in [0.15, 0.2) is 71.2 Å². The van der Waals surface area contributed by atoms with E-state index in [-0.39, 0.29) is 5.91 Å². The van der Waals surface area contributed by atoms with Gasteiger partial charge in [0.25, 0.3) is 0 Å². The average molecular weight is 540 g/mol. The molecule has 1 amide bonds. The van der Waals surface area contributed by atoms with Crippen molar-refractivity contribution in [2.24, 2.45) is 5.92 Å². The second-order valence-electron chi connectivity index (χ2n) is 9.30. The molecule has 178 valence electrons. The van der Waals surface area contributed by atoms with Crippen molar-refractivity contribution < 1.29 is 4.79 Å². The molecule has 0 aliphatic carbocycles. The Balaban J connectivity index is 1.27. The fourth-order valence-corrected chi connectivity index (χ4v) is 5.28. The van der Waals surface area contributed by atoms with Gasteiger partial charge in [0.15, 0.2) is 0 Å². The summed E-state index contributed by atoms with van der Waals surface area (Å²) in [6.07, 6.45) is 4.59. The third-order valence-corrected chi connectivity index (χ3v) is 7.78. The van der Waals surface area contributed by atoms with Crippen molar-refractivity contribution in [2.45, 2.75) is 39.0 Å². The molecular weight excluding hydrogens is 508 g/mol. The van der Waals surface area contributed by atoms with Gasteiger partial charge in [-0.2, -0.15) is 0 Å². The van der Waals surface area contributed by atoms with Gasteiger partial charge in [0.05, 0.1) is 0 Å². The van der Waals surface area contributed by atoms with Gasteiger partial charge in [0.2, 0.25) is 5.91 Å². The van der Waals surface area contributed by atoms with Gasteiger partial charge in [-0.15, -0.1) is 0 Å². The number of carbonyl (C=O) groups is 1. The lowest BCUT2D eigenvalue weighted by atomic mass is 9.99. The summed E-state index contributed by atoms with van der Waals surface area (Å²) < 4.78 is 1.03. The van der Waals surface area contributed by atoms with E-state index in [1.807, 2.05) is 36.4 Å². The molecule has 0 unspecified atom stereocenters. The predicted octanol–water partition coefficient (Wildman–Crippen LogP) is 7.62. The predicted molar refractivity (Wildman–Crippen MR) is 147 cm³/mol. The van der Waals surface area contributed by atoms with Crippen LogP contribution < -0.4 is 5.32 Å². The van der Waals surface area contributed by atoms with E-state index in [1.165, 1.54) is 31.5 Å². The molecule has 1 aliphatic rings. The third-order valence-electron chi connectivity index (χ3n) is 6.69. The second kappa shape index (κ2) is 12.0. The van der Waals surface area contributed by atoms with Crippen molar-refractivity contribution in [1.29, 1.82) is 0 Å². The summed E-state index contributed by atoms with van der Waals surface area (Å²) in [7, 11) is 0. The Labute approximate surface area is 216 Å². The van der Waals surface area contributed by atoms with Gasteiger partial charge in [-0.1, -0.05) is 83.0 Å². The van der Waals surface area contributed by atoms with Crippen LogP contribution in [0.5, 0.6) is 0 Å². The lowest BCUT2D eigenvalue weighted by molar-refractivity contribution is -0.116. The number of aryl methyl sites for hydroxylation is 1. The summed E-state index contributed by atoms with van der Waals surface area (Å²) in [6.45, 7) is 5.73. The Morgan fingerprint density at radius 1 is 0.971 bits per heavy atom. The molecule has 1 N–H and O–H groups in total. The lowest BCUT2D eigenvalue weighted by Gasteiger charge is -2.30. The molecule has 1 fully saturated rings. The zero-order valence-corrected chi connectivity index (χ0v) is 22.0. The van der Waals surface area contributed by atoms with Crippen LogP contribution in [0.2, 0.25) is 5.02 Å². The number of benzene rings is 3. The number of likely N-dealkylation sites (tertiary alicyclic amines) is 1. The minimum Gasteiger partial charge on any atom is -0.326 e. The Hall–Kier alpha value is -2.14. The van der Waals surface area contributed by atoms with Crippen molar-refractivity contribution in [3.05, 3.63) is 87.4 Å². The van der Waals surface area contributed by atoms with Crippen LogP contribution >= 0.6 is 27.5 Å². The van der Waals surface area contributed by atoms with Crippen molar-refractivity contribution >= 4 is 39.1 Å². The van der Waals surface area contributed by atoms with E-state index in [9.17, 15) is 4.79 Å². The fourth-order valence-electron chi connectivity index (χ4n) is 4.42. The first-order chi connectivity index (χ1) is 16.5. The highest BCUT2D eigenvalue weighted by molar-refractivity contribution is 9.10. The Kier molecular flexibility index (Phi) is 8.82. The molecule has 0 radical (unpaired) electrons. The fraction of sp³-hybridized carbons (Fsp3) is 0.345. The number of carbonyl (C=O) groups excluding carboxylic acids is 1. The maximum absolute atomic E-state index is 12.6. The number of nitrogens with zero attached hydrogens (tertiary/aromatic N) is 1. The molecular formula is C29H32BrClN2O. The Morgan fingerprint density at radius 3 is 2.41 bits per heavy atom. The molecule has 1 saturated heterocycles. The van der Waals surface area contributed by atoms with E-state index in [1.54, 1.807) is 0 Å². The number of anilines is 1. The summed E-state index contributed by atoms with van der Waals surface area (Å²) in [6, 6.07) is 22.5. The highest BCUT2D eigenvalue weighted by Gasteiger charge is 2.16. The topological polar surface area (TPSA) is 32.3 Å². The van der Waals surface area contributed by atoms with Gasteiger partial charge in [-0.25, -0.2) is 0 Å². The van der Waals surface area contributed by atoms with E-state index in [4.69, 9.17) is 11.6 Å². The van der Waals surface area contributed by atoms with Crippen molar-refractivity contribution in [3.63, 3.8) is 0 Å². The van der Waals surface area contributed by atoms with Gasteiger partial charge in [0.1, 0.15) is 0 Å². The van der Waals surface area contributed by atoms with E-state index in [0.29, 0.717) is 12.8 Å². The summed E-state index contributed by atoms with van der Waals surface area (Å²) in [5.74, 6) is 0.836. The minimum absolute atomic E-state index is 0.00899. The molecule has 4 rings (SSSR count). The number of rotatable bonds is 8. The highest BCUT2D eigenvalue weighted by Crippen LogP contribution is 2.27. The van der Waals surface area contributed by atoms with Gasteiger partial charge in [-0.3, -0.25) is 4.79 Å². The highest BCUT2D eigenvalue weighted by atomic mass is 79.9. The van der Waals surface area contributed by atoms with Crippen LogP contribution in [0.3, 0.4) is 0 Å². The van der Waals surface area contributed by atoms with Crippen molar-refractivity contribution in [1.82, 2.24) is 4.90 Å². The number of nitrogens with one attached hydrogen (secondary N) is 1. The van der Waals surface area contributed by atoms with Crippen molar-refractivity contribution in [2.75, 3.05) is 25.0 Å². The third kappa shape index (κ3) is 6.94. The molecule has 0 atom stereocenters. The Morgan fingerprint density at radius 2 is 1.71 bits per heavy atom. The maximum atomic E-state index is 12.6. The first-order valence-electron chi connectivity index (χ1n) is 12.1. The smallest absolute Gasteiger partial charge is 0.224 e. The molecule has 0 bridgehead atoms. The standard InChI is InChI=1S/C29H32BrClN2O/c1-21-13-16-33(17-14-21)18-15-24-9-11-26(20-28(24)31)32-29(34)12-10-23-7-8-25(19-27(23)30)22-5-3-2-4-6-22/h2-9,11,19-21H,10,12-18H2,1H3,(H,32,34). The van der Waals surface area contributed by atoms with Gasteiger partial charge >= 0.3 is 0 Å². The molecule has 1 heterocycles. The number of hydrogen-bond acceptors (Lipinski definition) is 2. The van der Waals surface area contributed by atoms with E-state index >= 15 is 0 Å². The lowest BCUT2D eigenvalue weighted by Crippen LogP contribution is -2.34. The molecule has 3 nitrogen and oxygen atoms in total. The molecule has 0 saturated carbocycles. The molecule has 0 spiro atoms. The van der Waals surface area contributed by atoms with E-state index in [2.05, 4.69) is 63.4 Å². The number of piperidine rings is 1. The van der Waals surface area contributed by atoms with Crippen LogP contribution in [-0.4, -0.2) is 30.4 Å². The van der Waals surface area contributed by atoms with Crippen LogP contribution in [-0.2, 0) is 17.6 Å².